The van der Waals surface area contributed by atoms with Crippen LogP contribution in [-0.2, 0) is 6.54 Å². The number of fused-ring (bicyclic) bond motifs is 1. The van der Waals surface area contributed by atoms with Gasteiger partial charge in [0.15, 0.2) is 0 Å². The van der Waals surface area contributed by atoms with Crippen molar-refractivity contribution in [3.8, 4) is 0 Å². The zero-order chi connectivity index (χ0) is 17.9. The molecule has 0 aliphatic heterocycles. The number of nitrogen functional groups attached to an aromatic ring is 1. The minimum absolute atomic E-state index is 0.197. The highest BCUT2D eigenvalue weighted by Gasteiger charge is 2.08. The van der Waals surface area contributed by atoms with E-state index < -0.39 is 0 Å². The van der Waals surface area contributed by atoms with Gasteiger partial charge in [-0.05, 0) is 42.0 Å². The molecule has 3 N–H and O–H groups in total. The van der Waals surface area contributed by atoms with Crippen LogP contribution in [0.15, 0.2) is 72.8 Å². The SMILES string of the molecule is Nc1ccccc1NC(=O)c1ccc(Cn2nc3ccccc3n2)cc1. The Kier molecular flexibility index (Phi) is 4.07. The summed E-state index contributed by atoms with van der Waals surface area (Å²) in [6.07, 6.45) is 0. The van der Waals surface area contributed by atoms with E-state index >= 15 is 0 Å². The normalized spacial score (nSPS) is 10.8. The maximum absolute atomic E-state index is 12.4. The molecule has 0 atom stereocenters. The van der Waals surface area contributed by atoms with Crippen molar-refractivity contribution < 1.29 is 4.79 Å². The quantitative estimate of drug-likeness (QED) is 0.557. The first kappa shape index (κ1) is 15.8. The first-order chi connectivity index (χ1) is 12.7. The lowest BCUT2D eigenvalue weighted by Gasteiger charge is -2.08. The van der Waals surface area contributed by atoms with Crippen molar-refractivity contribution in [3.05, 3.63) is 83.9 Å². The third-order valence-electron chi connectivity index (χ3n) is 4.08. The van der Waals surface area contributed by atoms with Crippen LogP contribution in [-0.4, -0.2) is 20.9 Å². The van der Waals surface area contributed by atoms with Crippen LogP contribution in [0.1, 0.15) is 15.9 Å². The summed E-state index contributed by atoms with van der Waals surface area (Å²) in [5.41, 5.74) is 10.3. The monoisotopic (exact) mass is 343 g/mol. The van der Waals surface area contributed by atoms with Gasteiger partial charge in [0.2, 0.25) is 0 Å². The maximum atomic E-state index is 12.4. The summed E-state index contributed by atoms with van der Waals surface area (Å²) in [5, 5.41) is 11.7. The van der Waals surface area contributed by atoms with Crippen LogP contribution in [0.2, 0.25) is 0 Å². The fraction of sp³-hybridized carbons (Fsp3) is 0.0500. The fourth-order valence-corrected chi connectivity index (χ4v) is 2.71. The first-order valence-corrected chi connectivity index (χ1v) is 8.24. The molecule has 0 aliphatic carbocycles. The summed E-state index contributed by atoms with van der Waals surface area (Å²) in [6.45, 7) is 0.544. The van der Waals surface area contributed by atoms with Gasteiger partial charge in [-0.3, -0.25) is 4.79 Å². The van der Waals surface area contributed by atoms with E-state index in [9.17, 15) is 4.79 Å². The van der Waals surface area contributed by atoms with Gasteiger partial charge in [-0.15, -0.1) is 0 Å². The van der Waals surface area contributed by atoms with E-state index in [2.05, 4.69) is 15.5 Å². The predicted molar refractivity (Wildman–Crippen MR) is 102 cm³/mol. The molecule has 0 aliphatic rings. The number of hydrogen-bond donors (Lipinski definition) is 2. The summed E-state index contributed by atoms with van der Waals surface area (Å²) in [6, 6.07) is 22.3. The summed E-state index contributed by atoms with van der Waals surface area (Å²) < 4.78 is 0. The minimum Gasteiger partial charge on any atom is -0.397 e. The second kappa shape index (κ2) is 6.68. The molecule has 4 rings (SSSR count). The standard InChI is InChI=1S/C20H17N5O/c21-16-5-1-2-6-17(16)22-20(26)15-11-9-14(10-12-15)13-25-23-18-7-3-4-8-19(18)24-25/h1-12H,13,21H2,(H,22,26). The van der Waals surface area contributed by atoms with E-state index in [0.29, 0.717) is 23.5 Å². The Morgan fingerprint density at radius 3 is 2.15 bits per heavy atom. The third-order valence-corrected chi connectivity index (χ3v) is 4.08. The number of hydrogen-bond acceptors (Lipinski definition) is 4. The number of anilines is 2. The molecule has 0 radical (unpaired) electrons. The number of carbonyl (C=O) groups excluding carboxylic acids is 1. The number of rotatable bonds is 4. The lowest BCUT2D eigenvalue weighted by molar-refractivity contribution is 0.102. The molecule has 128 valence electrons. The van der Waals surface area contributed by atoms with Crippen LogP contribution >= 0.6 is 0 Å². The number of carbonyl (C=O) groups is 1. The molecule has 0 saturated heterocycles. The highest BCUT2D eigenvalue weighted by atomic mass is 16.1. The van der Waals surface area contributed by atoms with Crippen LogP contribution in [0.5, 0.6) is 0 Å². The van der Waals surface area contributed by atoms with Crippen LogP contribution in [0.4, 0.5) is 11.4 Å². The number of aromatic nitrogens is 3. The molecular formula is C20H17N5O. The van der Waals surface area contributed by atoms with Crippen molar-refractivity contribution in [2.45, 2.75) is 6.54 Å². The van der Waals surface area contributed by atoms with Crippen molar-refractivity contribution in [1.82, 2.24) is 15.0 Å². The van der Waals surface area contributed by atoms with Crippen LogP contribution in [0.3, 0.4) is 0 Å². The maximum Gasteiger partial charge on any atom is 0.255 e. The number of nitrogens with two attached hydrogens (primary N) is 1. The van der Waals surface area contributed by atoms with E-state index in [4.69, 9.17) is 5.73 Å². The Morgan fingerprint density at radius 2 is 1.50 bits per heavy atom. The van der Waals surface area contributed by atoms with E-state index in [1.807, 2.05) is 48.5 Å². The van der Waals surface area contributed by atoms with Gasteiger partial charge in [0.25, 0.3) is 5.91 Å². The summed E-state index contributed by atoms with van der Waals surface area (Å²) in [7, 11) is 0. The average Bonchev–Trinajstić information content (AvgIpc) is 3.06. The largest absolute Gasteiger partial charge is 0.397 e. The van der Waals surface area contributed by atoms with E-state index in [-0.39, 0.29) is 5.91 Å². The summed E-state index contributed by atoms with van der Waals surface area (Å²) >= 11 is 0. The Hall–Kier alpha value is -3.67. The lowest BCUT2D eigenvalue weighted by atomic mass is 10.1. The zero-order valence-electron chi connectivity index (χ0n) is 14.0. The number of nitrogens with zero attached hydrogens (tertiary/aromatic N) is 3. The molecule has 4 aromatic rings. The summed E-state index contributed by atoms with van der Waals surface area (Å²) in [4.78, 5) is 14.0. The molecule has 0 fully saturated rings. The lowest BCUT2D eigenvalue weighted by Crippen LogP contribution is -2.13. The number of nitrogens with one attached hydrogen (secondary N) is 1. The van der Waals surface area contributed by atoms with Gasteiger partial charge in [-0.2, -0.15) is 15.0 Å². The van der Waals surface area contributed by atoms with E-state index in [1.54, 1.807) is 29.1 Å². The second-order valence-electron chi connectivity index (χ2n) is 5.96. The fourth-order valence-electron chi connectivity index (χ4n) is 2.71. The van der Waals surface area contributed by atoms with Crippen molar-refractivity contribution in [3.63, 3.8) is 0 Å². The Bertz CT molecular complexity index is 1040. The molecule has 0 unspecified atom stereocenters. The summed E-state index contributed by atoms with van der Waals surface area (Å²) in [5.74, 6) is -0.197. The third kappa shape index (κ3) is 3.25. The van der Waals surface area contributed by atoms with Crippen LogP contribution < -0.4 is 11.1 Å². The van der Waals surface area contributed by atoms with Crippen LogP contribution in [0, 0.1) is 0 Å². The topological polar surface area (TPSA) is 85.8 Å². The molecule has 6 heteroatoms. The molecule has 0 bridgehead atoms. The highest BCUT2D eigenvalue weighted by Crippen LogP contribution is 2.18. The van der Waals surface area contributed by atoms with Gasteiger partial charge in [-0.1, -0.05) is 36.4 Å². The van der Waals surface area contributed by atoms with Gasteiger partial charge in [0.05, 0.1) is 17.9 Å². The zero-order valence-corrected chi connectivity index (χ0v) is 14.0. The van der Waals surface area contributed by atoms with Gasteiger partial charge >= 0.3 is 0 Å². The molecular weight excluding hydrogens is 326 g/mol. The minimum atomic E-state index is -0.197. The Morgan fingerprint density at radius 1 is 0.885 bits per heavy atom. The molecule has 1 heterocycles. The number of amides is 1. The number of para-hydroxylation sites is 2. The van der Waals surface area contributed by atoms with Gasteiger partial charge in [0.1, 0.15) is 11.0 Å². The van der Waals surface area contributed by atoms with Gasteiger partial charge in [0, 0.05) is 5.56 Å². The molecule has 0 saturated carbocycles. The smallest absolute Gasteiger partial charge is 0.255 e. The molecule has 0 spiro atoms. The second-order valence-corrected chi connectivity index (χ2v) is 5.96. The van der Waals surface area contributed by atoms with Crippen molar-refractivity contribution in [1.29, 1.82) is 0 Å². The molecule has 26 heavy (non-hydrogen) atoms. The van der Waals surface area contributed by atoms with Gasteiger partial charge < -0.3 is 11.1 Å². The molecule has 1 amide bonds. The average molecular weight is 343 g/mol. The molecule has 3 aromatic carbocycles. The van der Waals surface area contributed by atoms with E-state index in [1.165, 1.54) is 0 Å². The molecule has 1 aromatic heterocycles. The van der Waals surface area contributed by atoms with Crippen molar-refractivity contribution >= 4 is 28.3 Å². The van der Waals surface area contributed by atoms with Crippen molar-refractivity contribution in [2.24, 2.45) is 0 Å². The highest BCUT2D eigenvalue weighted by molar-refractivity contribution is 6.05. The first-order valence-electron chi connectivity index (χ1n) is 8.24. The Labute approximate surface area is 150 Å². The Balaban J connectivity index is 1.47. The number of benzene rings is 3. The predicted octanol–water partition coefficient (Wildman–Crippen LogP) is 3.31. The van der Waals surface area contributed by atoms with Crippen molar-refractivity contribution in [2.75, 3.05) is 11.1 Å². The van der Waals surface area contributed by atoms with Crippen LogP contribution in [0.25, 0.3) is 11.0 Å². The van der Waals surface area contributed by atoms with E-state index in [0.717, 1.165) is 16.6 Å². The molecule has 6 nitrogen and oxygen atoms in total. The van der Waals surface area contributed by atoms with Gasteiger partial charge in [-0.25, -0.2) is 0 Å².